The van der Waals surface area contributed by atoms with Crippen LogP contribution in [0.2, 0.25) is 0 Å². The van der Waals surface area contributed by atoms with Crippen LogP contribution in [0.15, 0.2) is 41.3 Å². The molecule has 2 aromatic rings. The number of ketones is 1. The van der Waals surface area contributed by atoms with Gasteiger partial charge >= 0.3 is 0 Å². The van der Waals surface area contributed by atoms with Crippen LogP contribution in [0.25, 0.3) is 0 Å². The lowest BCUT2D eigenvalue weighted by Crippen LogP contribution is -2.21. The molecule has 144 valence electrons. The largest absolute Gasteiger partial charge is 0.488 e. The summed E-state index contributed by atoms with van der Waals surface area (Å²) in [5, 5.41) is 2.62. The number of hydrogen-bond donors (Lipinski definition) is 2. The Morgan fingerprint density at radius 2 is 2.04 bits per heavy atom. The van der Waals surface area contributed by atoms with Gasteiger partial charge in [-0.15, -0.1) is 0 Å². The van der Waals surface area contributed by atoms with E-state index in [9.17, 15) is 18.6 Å². The average molecular weight is 390 g/mol. The van der Waals surface area contributed by atoms with Crippen molar-refractivity contribution in [2.75, 3.05) is 17.7 Å². The topological polar surface area (TPSA) is 105 Å². The molecule has 0 saturated carbocycles. The van der Waals surface area contributed by atoms with E-state index in [4.69, 9.17) is 4.74 Å². The lowest BCUT2D eigenvalue weighted by Gasteiger charge is -2.07. The van der Waals surface area contributed by atoms with Gasteiger partial charge in [0.1, 0.15) is 5.75 Å². The van der Waals surface area contributed by atoms with Crippen LogP contribution in [0.1, 0.15) is 36.3 Å². The molecule has 1 amide bonds. The molecule has 2 N–H and O–H groups in total. The Balaban J connectivity index is 1.92. The maximum Gasteiger partial charge on any atom is 0.237 e. The van der Waals surface area contributed by atoms with Crippen LogP contribution in [0.5, 0.6) is 5.75 Å². The van der Waals surface area contributed by atoms with Crippen molar-refractivity contribution in [1.29, 1.82) is 0 Å². The summed E-state index contributed by atoms with van der Waals surface area (Å²) in [4.78, 5) is 38.2. The van der Waals surface area contributed by atoms with E-state index < -0.39 is 16.7 Å². The second-order valence-electron chi connectivity index (χ2n) is 5.95. The molecule has 0 saturated heterocycles. The van der Waals surface area contributed by atoms with Crippen molar-refractivity contribution in [3.8, 4) is 5.75 Å². The third kappa shape index (κ3) is 6.49. The molecule has 27 heavy (non-hydrogen) atoms. The van der Waals surface area contributed by atoms with Crippen LogP contribution in [0, 0.1) is 0 Å². The molecule has 8 heteroatoms. The predicted molar refractivity (Wildman–Crippen MR) is 105 cm³/mol. The predicted octanol–water partition coefficient (Wildman–Crippen LogP) is 2.25. The van der Waals surface area contributed by atoms with Crippen molar-refractivity contribution in [2.45, 2.75) is 26.0 Å². The summed E-state index contributed by atoms with van der Waals surface area (Å²) in [6.45, 7) is 3.82. The van der Waals surface area contributed by atoms with E-state index in [1.54, 1.807) is 24.3 Å². The highest BCUT2D eigenvalue weighted by atomic mass is 32.2. The zero-order valence-corrected chi connectivity index (χ0v) is 16.1. The van der Waals surface area contributed by atoms with Crippen molar-refractivity contribution < 1.29 is 18.5 Å². The van der Waals surface area contributed by atoms with Gasteiger partial charge in [0, 0.05) is 40.0 Å². The summed E-state index contributed by atoms with van der Waals surface area (Å²) in [5.74, 6) is -0.497. The van der Waals surface area contributed by atoms with Gasteiger partial charge in [0.25, 0.3) is 0 Å². The maximum atomic E-state index is 12.2. The van der Waals surface area contributed by atoms with Gasteiger partial charge in [0.15, 0.2) is 11.5 Å². The minimum Gasteiger partial charge on any atom is -0.488 e. The monoisotopic (exact) mass is 390 g/mol. The third-order valence-corrected chi connectivity index (χ3v) is 4.78. The summed E-state index contributed by atoms with van der Waals surface area (Å²) in [7, 11) is -1.50. The van der Waals surface area contributed by atoms with Crippen molar-refractivity contribution in [2.24, 2.45) is 0 Å². The zero-order chi connectivity index (χ0) is 19.8. The lowest BCUT2D eigenvalue weighted by molar-refractivity contribution is -0.113. The lowest BCUT2D eigenvalue weighted by atomic mass is 10.1. The minimum absolute atomic E-state index is 0.0458. The number of aromatic amines is 1. The molecule has 1 aromatic carbocycles. The first-order chi connectivity index (χ1) is 12.9. The van der Waals surface area contributed by atoms with Gasteiger partial charge in [-0.3, -0.25) is 18.6 Å². The Morgan fingerprint density at radius 3 is 2.70 bits per heavy atom. The van der Waals surface area contributed by atoms with Gasteiger partial charge in [-0.1, -0.05) is 19.1 Å². The molecule has 0 aliphatic heterocycles. The van der Waals surface area contributed by atoms with E-state index in [0.29, 0.717) is 23.6 Å². The molecule has 0 radical (unpaired) electrons. The Kier molecular flexibility index (Phi) is 7.48. The summed E-state index contributed by atoms with van der Waals surface area (Å²) < 4.78 is 17.5. The van der Waals surface area contributed by atoms with Crippen molar-refractivity contribution in [3.05, 3.63) is 58.0 Å². The Labute approximate surface area is 159 Å². The van der Waals surface area contributed by atoms with Crippen molar-refractivity contribution in [1.82, 2.24) is 4.98 Å². The number of carbonyl (C=O) groups is 2. The Bertz CT molecular complexity index is 907. The van der Waals surface area contributed by atoms with E-state index >= 15 is 0 Å². The molecule has 0 aliphatic rings. The van der Waals surface area contributed by atoms with E-state index in [0.717, 1.165) is 6.42 Å². The highest BCUT2D eigenvalue weighted by Gasteiger charge is 2.11. The smallest absolute Gasteiger partial charge is 0.237 e. The van der Waals surface area contributed by atoms with E-state index in [1.165, 1.54) is 19.2 Å². The molecule has 1 aromatic heterocycles. The van der Waals surface area contributed by atoms with Gasteiger partial charge in [-0.05, 0) is 25.5 Å². The fourth-order valence-corrected chi connectivity index (χ4v) is 3.27. The van der Waals surface area contributed by atoms with E-state index in [1.807, 2.05) is 6.92 Å². The third-order valence-electron chi connectivity index (χ3n) is 3.56. The van der Waals surface area contributed by atoms with Crippen molar-refractivity contribution >= 4 is 28.2 Å². The van der Waals surface area contributed by atoms with Crippen LogP contribution < -0.4 is 15.5 Å². The molecule has 0 aliphatic carbocycles. The highest BCUT2D eigenvalue weighted by molar-refractivity contribution is 7.84. The number of ether oxygens (including phenoxy) is 1. The summed E-state index contributed by atoms with van der Waals surface area (Å²) in [6, 6.07) is 7.86. The number of amides is 1. The Morgan fingerprint density at radius 1 is 1.26 bits per heavy atom. The van der Waals surface area contributed by atoms with Crippen LogP contribution in [-0.4, -0.2) is 33.2 Å². The zero-order valence-electron chi connectivity index (χ0n) is 15.2. The van der Waals surface area contributed by atoms with Crippen molar-refractivity contribution in [3.63, 3.8) is 0 Å². The number of pyridine rings is 1. The summed E-state index contributed by atoms with van der Waals surface area (Å²) >= 11 is 0. The number of H-pyrrole nitrogens is 1. The number of nitrogens with one attached hydrogen (secondary N) is 2. The number of anilines is 1. The first-order valence-electron chi connectivity index (χ1n) is 8.49. The molecule has 7 nitrogen and oxygen atoms in total. The van der Waals surface area contributed by atoms with E-state index in [2.05, 4.69) is 10.3 Å². The highest BCUT2D eigenvalue weighted by Crippen LogP contribution is 2.11. The molecule has 0 spiro atoms. The molecule has 2 rings (SSSR count). The number of carbonyl (C=O) groups excluding carboxylic acids is 2. The minimum atomic E-state index is -1.50. The maximum absolute atomic E-state index is 12.2. The number of aromatic nitrogens is 1. The average Bonchev–Trinajstić information content (AvgIpc) is 2.61. The van der Waals surface area contributed by atoms with Crippen LogP contribution in [0.3, 0.4) is 0 Å². The fourth-order valence-electron chi connectivity index (χ4n) is 2.29. The second kappa shape index (κ2) is 9.82. The molecule has 0 fully saturated rings. The number of hydrogen-bond acceptors (Lipinski definition) is 5. The first kappa shape index (κ1) is 20.6. The molecular formula is C19H22N2O5S. The van der Waals surface area contributed by atoms with Gasteiger partial charge in [0.05, 0.1) is 12.4 Å². The molecule has 0 bridgehead atoms. The molecule has 1 unspecified atom stereocenters. The number of Topliss-reactive ketones (excluding diaryl/α,β-unsaturated/α-hetero) is 1. The number of rotatable bonds is 9. The normalized spacial score (nSPS) is 11.6. The molecule has 1 heterocycles. The first-order valence-corrected chi connectivity index (χ1v) is 9.98. The van der Waals surface area contributed by atoms with Crippen LogP contribution >= 0.6 is 0 Å². The number of benzene rings is 1. The van der Waals surface area contributed by atoms with E-state index in [-0.39, 0.29) is 28.5 Å². The summed E-state index contributed by atoms with van der Waals surface area (Å²) in [6.07, 6.45) is 2.23. The SMILES string of the molecule is CCCOc1c[nH]c(CS(=O)CC(=O)Nc2cccc(C(C)=O)c2)cc1=O. The van der Waals surface area contributed by atoms with Crippen LogP contribution in [-0.2, 0) is 21.3 Å². The van der Waals surface area contributed by atoms with Gasteiger partial charge < -0.3 is 15.0 Å². The molecule has 1 atom stereocenters. The van der Waals surface area contributed by atoms with Crippen LogP contribution in [0.4, 0.5) is 5.69 Å². The second-order valence-corrected chi connectivity index (χ2v) is 7.41. The Hall–Kier alpha value is -2.74. The van der Waals surface area contributed by atoms with Gasteiger partial charge in [0.2, 0.25) is 11.3 Å². The fraction of sp³-hybridized carbons (Fsp3) is 0.316. The standard InChI is InChI=1S/C19H22N2O5S/c1-3-7-26-18-10-20-16(9-17(18)23)11-27(25)12-19(24)21-15-6-4-5-14(8-15)13(2)22/h4-6,8-10H,3,7,11-12H2,1-2H3,(H,20,23)(H,21,24). The molecular weight excluding hydrogens is 368 g/mol. The van der Waals surface area contributed by atoms with Gasteiger partial charge in [-0.2, -0.15) is 0 Å². The quantitative estimate of drug-likeness (QED) is 0.639. The van der Waals surface area contributed by atoms with Gasteiger partial charge in [-0.25, -0.2) is 0 Å². The summed E-state index contributed by atoms with van der Waals surface area (Å²) in [5.41, 5.74) is 1.13.